The number of carbonyl (C=O) groups is 1. The van der Waals surface area contributed by atoms with Crippen LogP contribution in [0.4, 0.5) is 4.39 Å². The molecule has 1 aliphatic rings. The van der Waals surface area contributed by atoms with Gasteiger partial charge in [0.05, 0.1) is 19.2 Å². The minimum atomic E-state index is -0.366. The third-order valence-corrected chi connectivity index (χ3v) is 6.65. The van der Waals surface area contributed by atoms with Gasteiger partial charge in [-0.25, -0.2) is 4.39 Å². The minimum Gasteiger partial charge on any atom is -0.464 e. The van der Waals surface area contributed by atoms with Crippen molar-refractivity contribution in [3.05, 3.63) is 94.2 Å². The molecule has 1 amide bonds. The summed E-state index contributed by atoms with van der Waals surface area (Å²) in [5.74, 6) is 1.14. The van der Waals surface area contributed by atoms with E-state index in [2.05, 4.69) is 12.1 Å². The maximum Gasteiger partial charge on any atom is 0.237 e. The number of aryl methyl sites for hydroxylation is 1. The molecule has 7 heteroatoms. The Balaban J connectivity index is 1.50. The van der Waals surface area contributed by atoms with Crippen LogP contribution in [0.15, 0.2) is 65.1 Å². The average Bonchev–Trinajstić information content (AvgIpc) is 3.51. The first-order chi connectivity index (χ1) is 17.0. The normalized spacial score (nSPS) is 15.6. The molecule has 3 aromatic rings. The minimum absolute atomic E-state index is 0.0267. The lowest BCUT2D eigenvalue weighted by molar-refractivity contribution is -0.133. The molecule has 0 N–H and O–H groups in total. The number of carbonyl (C=O) groups excluding carboxylic acids is 1. The second kappa shape index (κ2) is 12.3. The maximum atomic E-state index is 14.6. The third-order valence-electron chi connectivity index (χ3n) is 6.30. The molecule has 1 aromatic heterocycles. The van der Waals surface area contributed by atoms with Crippen LogP contribution in [0.1, 0.15) is 35.5 Å². The van der Waals surface area contributed by atoms with E-state index in [1.165, 1.54) is 6.07 Å². The fourth-order valence-electron chi connectivity index (χ4n) is 4.42. The Bertz CT molecular complexity index is 1080. The average molecular weight is 499 g/mol. The van der Waals surface area contributed by atoms with Gasteiger partial charge in [0.25, 0.3) is 0 Å². The Labute approximate surface area is 211 Å². The molecule has 186 valence electrons. The lowest BCUT2D eigenvalue weighted by atomic mass is 10.1. The van der Waals surface area contributed by atoms with Gasteiger partial charge in [-0.15, -0.1) is 0 Å². The van der Waals surface area contributed by atoms with Gasteiger partial charge in [-0.3, -0.25) is 9.69 Å². The lowest BCUT2D eigenvalue weighted by Crippen LogP contribution is -2.43. The van der Waals surface area contributed by atoms with Crippen molar-refractivity contribution < 1.29 is 18.3 Å². The number of hydrogen-bond acceptors (Lipinski definition) is 4. The van der Waals surface area contributed by atoms with Crippen molar-refractivity contribution in [2.45, 2.75) is 45.4 Å². The molecule has 35 heavy (non-hydrogen) atoms. The van der Waals surface area contributed by atoms with Crippen LogP contribution >= 0.6 is 11.6 Å². The molecule has 0 aliphatic carbocycles. The van der Waals surface area contributed by atoms with Crippen molar-refractivity contribution in [2.24, 2.45) is 0 Å². The first-order valence-corrected chi connectivity index (χ1v) is 12.5. The number of benzene rings is 2. The van der Waals surface area contributed by atoms with Crippen LogP contribution in [0.2, 0.25) is 5.02 Å². The Morgan fingerprint density at radius 3 is 2.60 bits per heavy atom. The van der Waals surface area contributed by atoms with Crippen molar-refractivity contribution >= 4 is 17.5 Å². The molecule has 1 atom stereocenters. The van der Waals surface area contributed by atoms with Crippen molar-refractivity contribution in [2.75, 3.05) is 26.2 Å². The van der Waals surface area contributed by atoms with Gasteiger partial charge in [0.15, 0.2) is 0 Å². The van der Waals surface area contributed by atoms with E-state index in [9.17, 15) is 9.18 Å². The Morgan fingerprint density at radius 2 is 1.91 bits per heavy atom. The number of amides is 1. The highest BCUT2D eigenvalue weighted by atomic mass is 35.5. The van der Waals surface area contributed by atoms with E-state index in [-0.39, 0.29) is 30.9 Å². The number of halogens is 2. The molecule has 0 spiro atoms. The summed E-state index contributed by atoms with van der Waals surface area (Å²) in [6, 6.07) is 18.6. The highest BCUT2D eigenvalue weighted by molar-refractivity contribution is 6.31. The molecule has 2 heterocycles. The zero-order valence-electron chi connectivity index (χ0n) is 20.1. The quantitative estimate of drug-likeness (QED) is 0.343. The summed E-state index contributed by atoms with van der Waals surface area (Å²) in [6.45, 7) is 4.46. The van der Waals surface area contributed by atoms with E-state index in [0.717, 1.165) is 36.3 Å². The Hall–Kier alpha value is -2.67. The largest absolute Gasteiger partial charge is 0.464 e. The molecule has 0 bridgehead atoms. The van der Waals surface area contributed by atoms with Gasteiger partial charge in [0.2, 0.25) is 5.91 Å². The van der Waals surface area contributed by atoms with E-state index in [1.807, 2.05) is 47.1 Å². The SMILES string of the molecule is Cc1ccc(CN(CCc2ccccc2)C(=O)CN(Cc2c(F)cccc2Cl)CC2CCCO2)o1. The van der Waals surface area contributed by atoms with Crippen molar-refractivity contribution in [1.82, 2.24) is 9.80 Å². The zero-order chi connectivity index (χ0) is 24.6. The first kappa shape index (κ1) is 25.4. The molecule has 1 aliphatic heterocycles. The summed E-state index contributed by atoms with van der Waals surface area (Å²) >= 11 is 6.31. The fourth-order valence-corrected chi connectivity index (χ4v) is 4.64. The summed E-state index contributed by atoms with van der Waals surface area (Å²) in [5, 5.41) is 0.363. The standard InChI is InChI=1S/C28H32ClFN2O3/c1-21-12-13-24(35-21)18-32(15-14-22-7-3-2-4-8-22)28(33)20-31(17-23-9-6-16-34-23)19-25-26(29)10-5-11-27(25)30/h2-5,7-8,10-13,23H,6,9,14-20H2,1H3. The smallest absolute Gasteiger partial charge is 0.237 e. The van der Waals surface area contributed by atoms with E-state index >= 15 is 0 Å². The summed E-state index contributed by atoms with van der Waals surface area (Å²) in [6.07, 6.45) is 2.68. The number of rotatable bonds is 11. The summed E-state index contributed by atoms with van der Waals surface area (Å²) in [4.78, 5) is 17.4. The summed E-state index contributed by atoms with van der Waals surface area (Å²) < 4.78 is 26.1. The molecule has 4 rings (SSSR count). The zero-order valence-corrected chi connectivity index (χ0v) is 20.8. The number of nitrogens with zero attached hydrogens (tertiary/aromatic N) is 2. The molecule has 5 nitrogen and oxygen atoms in total. The van der Waals surface area contributed by atoms with Crippen molar-refractivity contribution in [3.63, 3.8) is 0 Å². The monoisotopic (exact) mass is 498 g/mol. The fraction of sp³-hybridized carbons (Fsp3) is 0.393. The lowest BCUT2D eigenvalue weighted by Gasteiger charge is -2.29. The molecule has 0 radical (unpaired) electrons. The second-order valence-electron chi connectivity index (χ2n) is 9.07. The molecular formula is C28H32ClFN2O3. The molecule has 1 saturated heterocycles. The van der Waals surface area contributed by atoms with Gasteiger partial charge >= 0.3 is 0 Å². The molecule has 0 saturated carbocycles. The number of furan rings is 1. The van der Waals surface area contributed by atoms with Gasteiger partial charge in [0, 0.05) is 36.8 Å². The van der Waals surface area contributed by atoms with Crippen LogP contribution < -0.4 is 0 Å². The summed E-state index contributed by atoms with van der Waals surface area (Å²) in [7, 11) is 0. The topological polar surface area (TPSA) is 45.9 Å². The van der Waals surface area contributed by atoms with Gasteiger partial charge in [0.1, 0.15) is 17.3 Å². The van der Waals surface area contributed by atoms with Gasteiger partial charge in [-0.2, -0.15) is 0 Å². The van der Waals surface area contributed by atoms with Gasteiger partial charge < -0.3 is 14.1 Å². The molecule has 1 unspecified atom stereocenters. The van der Waals surface area contributed by atoms with Crippen molar-refractivity contribution in [1.29, 1.82) is 0 Å². The predicted molar refractivity (Wildman–Crippen MR) is 135 cm³/mol. The van der Waals surface area contributed by atoms with Crippen LogP contribution in [-0.2, 0) is 29.0 Å². The van der Waals surface area contributed by atoms with Gasteiger partial charge in [-0.05, 0) is 56.0 Å². The molecule has 2 aromatic carbocycles. The van der Waals surface area contributed by atoms with E-state index < -0.39 is 0 Å². The van der Waals surface area contributed by atoms with Gasteiger partial charge in [-0.1, -0.05) is 48.0 Å². The Morgan fingerprint density at radius 1 is 1.09 bits per heavy atom. The number of ether oxygens (including phenoxy) is 1. The maximum absolute atomic E-state index is 14.6. The first-order valence-electron chi connectivity index (χ1n) is 12.1. The Kier molecular flexibility index (Phi) is 8.96. The van der Waals surface area contributed by atoms with Crippen LogP contribution in [0.3, 0.4) is 0 Å². The summed E-state index contributed by atoms with van der Waals surface area (Å²) in [5.41, 5.74) is 1.56. The van der Waals surface area contributed by atoms with E-state index in [4.69, 9.17) is 20.8 Å². The highest BCUT2D eigenvalue weighted by Crippen LogP contribution is 2.23. The van der Waals surface area contributed by atoms with Crippen LogP contribution in [-0.4, -0.2) is 48.1 Å². The van der Waals surface area contributed by atoms with Crippen molar-refractivity contribution in [3.8, 4) is 0 Å². The van der Waals surface area contributed by atoms with Crippen LogP contribution in [0.5, 0.6) is 0 Å². The highest BCUT2D eigenvalue weighted by Gasteiger charge is 2.25. The molecular weight excluding hydrogens is 467 g/mol. The third kappa shape index (κ3) is 7.40. The van der Waals surface area contributed by atoms with E-state index in [0.29, 0.717) is 36.8 Å². The molecule has 1 fully saturated rings. The van der Waals surface area contributed by atoms with Crippen LogP contribution in [0.25, 0.3) is 0 Å². The number of hydrogen-bond donors (Lipinski definition) is 0. The predicted octanol–water partition coefficient (Wildman–Crippen LogP) is 5.63. The second-order valence-corrected chi connectivity index (χ2v) is 9.48. The van der Waals surface area contributed by atoms with Crippen LogP contribution in [0, 0.1) is 12.7 Å². The van der Waals surface area contributed by atoms with E-state index in [1.54, 1.807) is 12.1 Å².